The molecule has 1 unspecified atom stereocenters. The quantitative estimate of drug-likeness (QED) is 0.415. The van der Waals surface area contributed by atoms with E-state index >= 15 is 0 Å². The van der Waals surface area contributed by atoms with Gasteiger partial charge in [-0.2, -0.15) is 13.2 Å². The van der Waals surface area contributed by atoms with Gasteiger partial charge in [-0.05, 0) is 62.9 Å². The first-order chi connectivity index (χ1) is 15.9. The summed E-state index contributed by atoms with van der Waals surface area (Å²) in [6.45, 7) is 10.4. The number of halogens is 3. The molecule has 1 aromatic carbocycles. The molecule has 3 N–H and O–H groups in total. The van der Waals surface area contributed by atoms with E-state index in [0.29, 0.717) is 27.7 Å². The molecule has 5 nitrogen and oxygen atoms in total. The van der Waals surface area contributed by atoms with Crippen LogP contribution in [-0.4, -0.2) is 39.5 Å². The number of nitrogens with one attached hydrogen (secondary N) is 1. The number of nitrogens with zero attached hydrogens (tertiary/aromatic N) is 3. The van der Waals surface area contributed by atoms with Gasteiger partial charge in [0.25, 0.3) is 0 Å². The van der Waals surface area contributed by atoms with Crippen molar-refractivity contribution in [3.05, 3.63) is 36.0 Å². The zero-order valence-corrected chi connectivity index (χ0v) is 20.8. The maximum atomic E-state index is 13.6. The Balaban J connectivity index is 1.75. The number of alkyl halides is 3. The minimum absolute atomic E-state index is 0.178. The molecule has 1 aliphatic heterocycles. The summed E-state index contributed by atoms with van der Waals surface area (Å²) in [6.07, 6.45) is -1.32. The zero-order chi connectivity index (χ0) is 24.7. The predicted octanol–water partition coefficient (Wildman–Crippen LogP) is 6.46. The van der Waals surface area contributed by atoms with Crippen LogP contribution in [0.5, 0.6) is 0 Å². The van der Waals surface area contributed by atoms with Gasteiger partial charge in [-0.3, -0.25) is 4.90 Å². The molecule has 1 atom stereocenters. The number of thiazole rings is 1. The molecule has 3 heterocycles. The van der Waals surface area contributed by atoms with E-state index in [9.17, 15) is 13.2 Å². The van der Waals surface area contributed by atoms with Crippen LogP contribution in [0.3, 0.4) is 0 Å². The first kappa shape index (κ1) is 24.7. The molecule has 1 aliphatic rings. The number of fused-ring (bicyclic) bond motifs is 1. The van der Waals surface area contributed by atoms with Crippen molar-refractivity contribution < 1.29 is 13.2 Å². The summed E-state index contributed by atoms with van der Waals surface area (Å²) in [7, 11) is 0. The summed E-state index contributed by atoms with van der Waals surface area (Å²) in [5.41, 5.74) is 6.18. The van der Waals surface area contributed by atoms with Crippen molar-refractivity contribution in [1.82, 2.24) is 14.9 Å². The largest absolute Gasteiger partial charge is 0.433 e. The second kappa shape index (κ2) is 9.34. The van der Waals surface area contributed by atoms with E-state index in [0.717, 1.165) is 43.1 Å². The summed E-state index contributed by atoms with van der Waals surface area (Å²) >= 11 is 1.35. The highest BCUT2D eigenvalue weighted by molar-refractivity contribution is 7.22. The van der Waals surface area contributed by atoms with Gasteiger partial charge in [-0.1, -0.05) is 37.7 Å². The Hall–Kier alpha value is -2.39. The van der Waals surface area contributed by atoms with Gasteiger partial charge in [-0.15, -0.1) is 0 Å². The molecule has 34 heavy (non-hydrogen) atoms. The Morgan fingerprint density at radius 2 is 1.94 bits per heavy atom. The third-order valence-corrected chi connectivity index (χ3v) is 7.14. The highest BCUT2D eigenvalue weighted by Crippen LogP contribution is 2.37. The highest BCUT2D eigenvalue weighted by Gasteiger charge is 2.38. The van der Waals surface area contributed by atoms with Gasteiger partial charge in [0.2, 0.25) is 0 Å². The molecule has 9 heteroatoms. The maximum absolute atomic E-state index is 13.6. The first-order valence-corrected chi connectivity index (χ1v) is 12.4. The predicted molar refractivity (Wildman–Crippen MR) is 133 cm³/mol. The van der Waals surface area contributed by atoms with Crippen LogP contribution in [0.25, 0.3) is 21.3 Å². The highest BCUT2D eigenvalue weighted by atomic mass is 32.1. The number of anilines is 2. The van der Waals surface area contributed by atoms with Gasteiger partial charge in [0, 0.05) is 29.8 Å². The summed E-state index contributed by atoms with van der Waals surface area (Å²) in [5.74, 6) is 0.708. The van der Waals surface area contributed by atoms with Crippen LogP contribution in [0.4, 0.5) is 24.1 Å². The van der Waals surface area contributed by atoms with E-state index in [1.165, 1.54) is 17.4 Å². The second-order valence-corrected chi connectivity index (χ2v) is 11.0. The fraction of sp³-hybridized carbons (Fsp3) is 0.520. The van der Waals surface area contributed by atoms with E-state index in [1.54, 1.807) is 0 Å². The number of nitrogen functional groups attached to an aromatic ring is 1. The number of rotatable bonds is 6. The third kappa shape index (κ3) is 5.30. The van der Waals surface area contributed by atoms with E-state index in [2.05, 4.69) is 53.9 Å². The topological polar surface area (TPSA) is 67.1 Å². The molecule has 0 spiro atoms. The van der Waals surface area contributed by atoms with Crippen molar-refractivity contribution in [1.29, 1.82) is 0 Å². The van der Waals surface area contributed by atoms with Crippen molar-refractivity contribution in [2.75, 3.05) is 24.1 Å². The number of piperidine rings is 1. The number of nitrogens with two attached hydrogens (primary N) is 1. The Bertz CT molecular complexity index is 1160. The van der Waals surface area contributed by atoms with Crippen LogP contribution >= 0.6 is 11.3 Å². The number of likely N-dealkylation sites (tertiary alicyclic amines) is 1. The molecule has 1 radical (unpaired) electrons. The Kier molecular flexibility index (Phi) is 6.79. The van der Waals surface area contributed by atoms with Gasteiger partial charge in [0.15, 0.2) is 5.13 Å². The minimum atomic E-state index is -4.54. The number of aromatic nitrogens is 2. The Morgan fingerprint density at radius 1 is 1.18 bits per heavy atom. The van der Waals surface area contributed by atoms with Crippen molar-refractivity contribution >= 4 is 32.5 Å². The van der Waals surface area contributed by atoms with Crippen LogP contribution in [0.15, 0.2) is 24.3 Å². The van der Waals surface area contributed by atoms with Gasteiger partial charge < -0.3 is 11.1 Å². The van der Waals surface area contributed by atoms with Crippen molar-refractivity contribution in [3.63, 3.8) is 0 Å². The summed E-state index contributed by atoms with van der Waals surface area (Å²) in [6, 6.07) is 9.57. The van der Waals surface area contributed by atoms with E-state index in [-0.39, 0.29) is 11.9 Å². The van der Waals surface area contributed by atoms with Crippen LogP contribution in [0.2, 0.25) is 0 Å². The van der Waals surface area contributed by atoms with Gasteiger partial charge in [-0.25, -0.2) is 9.97 Å². The van der Waals surface area contributed by atoms with Gasteiger partial charge >= 0.3 is 6.18 Å². The Labute approximate surface area is 202 Å². The average molecular weight is 491 g/mol. The van der Waals surface area contributed by atoms with Gasteiger partial charge in [0.1, 0.15) is 11.5 Å². The fourth-order valence-corrected chi connectivity index (χ4v) is 5.54. The molecule has 2 aromatic heterocycles. The van der Waals surface area contributed by atoms with Crippen molar-refractivity contribution in [2.24, 2.45) is 5.92 Å². The molecule has 1 saturated heterocycles. The number of benzene rings is 1. The molecule has 0 bridgehead atoms. The maximum Gasteiger partial charge on any atom is 0.433 e. The third-order valence-electron chi connectivity index (χ3n) is 6.29. The molecular formula is C25H31F3N5S. The molecule has 0 saturated carbocycles. The van der Waals surface area contributed by atoms with Crippen molar-refractivity contribution in [2.45, 2.75) is 64.7 Å². The molecule has 4 rings (SSSR count). The average Bonchev–Trinajstić information content (AvgIpc) is 3.12. The van der Waals surface area contributed by atoms with E-state index in [1.807, 2.05) is 12.1 Å². The monoisotopic (exact) mass is 490 g/mol. The van der Waals surface area contributed by atoms with Crippen LogP contribution in [-0.2, 0) is 6.18 Å². The van der Waals surface area contributed by atoms with Crippen LogP contribution in [0, 0.1) is 12.0 Å². The van der Waals surface area contributed by atoms with Crippen LogP contribution in [0.1, 0.15) is 52.7 Å². The molecule has 1 fully saturated rings. The Morgan fingerprint density at radius 3 is 2.65 bits per heavy atom. The molecule has 3 aromatic rings. The summed E-state index contributed by atoms with van der Waals surface area (Å²) in [5, 5.41) is 3.84. The summed E-state index contributed by atoms with van der Waals surface area (Å²) < 4.78 is 41.6. The zero-order valence-electron chi connectivity index (χ0n) is 20.0. The molecule has 0 amide bonds. The van der Waals surface area contributed by atoms with E-state index < -0.39 is 17.4 Å². The molecule has 0 aliphatic carbocycles. The SMILES string of the molecule is CC(C)CN1CCCCC1C(C)(C)Nc1nc(C(F)(F)F)ccc1-c1[c]c2nc(N)sc2cc1. The number of pyridine rings is 1. The fourth-order valence-electron chi connectivity index (χ4n) is 4.85. The first-order valence-electron chi connectivity index (χ1n) is 11.6. The van der Waals surface area contributed by atoms with E-state index in [4.69, 9.17) is 5.73 Å². The lowest BCUT2D eigenvalue weighted by atomic mass is 9.85. The lowest BCUT2D eigenvalue weighted by Crippen LogP contribution is -2.56. The number of hydrogen-bond donors (Lipinski definition) is 2. The van der Waals surface area contributed by atoms with Crippen LogP contribution < -0.4 is 11.1 Å². The lowest BCUT2D eigenvalue weighted by molar-refractivity contribution is -0.141. The van der Waals surface area contributed by atoms with Crippen molar-refractivity contribution in [3.8, 4) is 11.1 Å². The number of hydrogen-bond acceptors (Lipinski definition) is 6. The second-order valence-electron chi connectivity index (χ2n) is 9.97. The molecule has 183 valence electrons. The molecular weight excluding hydrogens is 459 g/mol. The summed E-state index contributed by atoms with van der Waals surface area (Å²) in [4.78, 5) is 10.8. The van der Waals surface area contributed by atoms with Gasteiger partial charge in [0.05, 0.1) is 10.2 Å². The lowest BCUT2D eigenvalue weighted by Gasteiger charge is -2.46. The normalized spacial score (nSPS) is 18.1. The minimum Gasteiger partial charge on any atom is -0.375 e. The standard InChI is InChI=1S/C25H31F3N5S/c1-15(2)14-33-12-6-5-7-21(33)24(3,4)32-22-17(9-11-20(31-22)25(26,27)28)16-8-10-19-18(13-16)30-23(29)34-19/h8-11,15,21H,5-7,12,14H2,1-4H3,(H2,29,30)(H,31,32). The smallest absolute Gasteiger partial charge is 0.375 e.